The van der Waals surface area contributed by atoms with Crippen molar-refractivity contribution in [2.45, 2.75) is 22.6 Å². The predicted molar refractivity (Wildman–Crippen MR) is 158 cm³/mol. The van der Waals surface area contributed by atoms with Gasteiger partial charge in [0.05, 0.1) is 19.4 Å². The first-order chi connectivity index (χ1) is 21.7. The minimum Gasteiger partial charge on any atom is -0.495 e. The van der Waals surface area contributed by atoms with Crippen LogP contribution in [0.25, 0.3) is 0 Å². The molecule has 3 atom stereocenters. The summed E-state index contributed by atoms with van der Waals surface area (Å²) >= 11 is 2.56. The molecule has 5 heterocycles. The highest BCUT2D eigenvalue weighted by Gasteiger charge is 2.54. The number of nitrogens with one attached hydrogen (secondary N) is 2. The van der Waals surface area contributed by atoms with Gasteiger partial charge in [-0.3, -0.25) is 14.5 Å². The van der Waals surface area contributed by atoms with Crippen molar-refractivity contribution in [2.24, 2.45) is 12.1 Å². The molecule has 4 aliphatic rings. The molecule has 4 aliphatic heterocycles. The topological polar surface area (TPSA) is 205 Å². The number of carboxylic acid groups (broad SMARTS) is 1. The number of fused-ring (bicyclic) bond motifs is 1. The van der Waals surface area contributed by atoms with Crippen LogP contribution in [0.2, 0.25) is 0 Å². The van der Waals surface area contributed by atoms with Crippen LogP contribution in [0, 0.1) is 0 Å². The molecule has 0 radical (unpaired) electrons. The van der Waals surface area contributed by atoms with Gasteiger partial charge in [0.1, 0.15) is 35.5 Å². The molecule has 19 heteroatoms. The molecule has 2 saturated heterocycles. The van der Waals surface area contributed by atoms with Gasteiger partial charge in [-0.25, -0.2) is 29.0 Å². The lowest BCUT2D eigenvalue weighted by Gasteiger charge is -2.49. The number of carboxylic acids is 1. The molecule has 17 nitrogen and oxygen atoms in total. The van der Waals surface area contributed by atoms with E-state index in [-0.39, 0.29) is 31.1 Å². The molecular weight excluding hydrogens is 628 g/mol. The van der Waals surface area contributed by atoms with Crippen molar-refractivity contribution in [2.75, 3.05) is 31.2 Å². The molecule has 3 N–H and O–H groups in total. The number of thioether (sulfide) groups is 2. The van der Waals surface area contributed by atoms with Gasteiger partial charge in [-0.15, -0.1) is 16.9 Å². The highest BCUT2D eigenvalue weighted by atomic mass is 32.2. The molecule has 0 saturated carbocycles. The highest BCUT2D eigenvalue weighted by molar-refractivity contribution is 8.01. The van der Waals surface area contributed by atoms with Crippen molar-refractivity contribution in [3.05, 3.63) is 59.5 Å². The zero-order valence-electron chi connectivity index (χ0n) is 23.6. The Hall–Kier alpha value is -4.91. The van der Waals surface area contributed by atoms with E-state index in [1.54, 1.807) is 43.5 Å². The van der Waals surface area contributed by atoms with E-state index in [1.807, 2.05) is 0 Å². The first-order valence-corrected chi connectivity index (χ1v) is 15.6. The van der Waals surface area contributed by atoms with Gasteiger partial charge in [-0.2, -0.15) is 5.10 Å². The van der Waals surface area contributed by atoms with Gasteiger partial charge >= 0.3 is 18.0 Å². The Balaban J connectivity index is 1.14. The number of aliphatic carboxylic acids is 1. The van der Waals surface area contributed by atoms with Crippen LogP contribution in [-0.2, 0) is 26.2 Å². The molecule has 1 aromatic carbocycles. The monoisotopic (exact) mass is 654 g/mol. The summed E-state index contributed by atoms with van der Waals surface area (Å²) in [5, 5.41) is 31.7. The van der Waals surface area contributed by atoms with Gasteiger partial charge in [-0.1, -0.05) is 42.1 Å². The summed E-state index contributed by atoms with van der Waals surface area (Å²) in [6.45, 7) is 0.419. The van der Waals surface area contributed by atoms with Gasteiger partial charge in [0.2, 0.25) is 11.1 Å². The van der Waals surface area contributed by atoms with Crippen LogP contribution in [0.5, 0.6) is 0 Å². The van der Waals surface area contributed by atoms with E-state index in [4.69, 9.17) is 4.74 Å². The van der Waals surface area contributed by atoms with Crippen LogP contribution >= 0.6 is 23.5 Å². The number of carbonyl (C=O) groups excluding carboxylic acids is 4. The maximum absolute atomic E-state index is 13.6. The smallest absolute Gasteiger partial charge is 0.352 e. The number of imide groups is 1. The van der Waals surface area contributed by atoms with Crippen LogP contribution in [0.1, 0.15) is 11.6 Å². The molecule has 0 spiro atoms. The number of rotatable bonds is 9. The minimum atomic E-state index is -1.26. The second-order valence-corrected chi connectivity index (χ2v) is 12.1. The number of urea groups is 2. The fourth-order valence-corrected chi connectivity index (χ4v) is 7.34. The summed E-state index contributed by atoms with van der Waals surface area (Å²) in [5.41, 5.74) is 1.34. The number of hydrogen-bond donors (Lipinski definition) is 3. The van der Waals surface area contributed by atoms with Gasteiger partial charge < -0.3 is 20.5 Å². The average Bonchev–Trinajstić information content (AvgIpc) is 3.79. The lowest BCUT2D eigenvalue weighted by atomic mass is 10.0. The summed E-state index contributed by atoms with van der Waals surface area (Å²) in [6.07, 6.45) is 3.08. The van der Waals surface area contributed by atoms with Gasteiger partial charge in [-0.05, 0) is 27.6 Å². The third-order valence-electron chi connectivity index (χ3n) is 7.24. The van der Waals surface area contributed by atoms with Crippen molar-refractivity contribution in [1.29, 1.82) is 0 Å². The predicted octanol–water partition coefficient (Wildman–Crippen LogP) is 0.129. The Morgan fingerprint density at radius 1 is 1.22 bits per heavy atom. The number of aryl methyl sites for hydroxylation is 1. The number of aromatic nitrogens is 4. The highest BCUT2D eigenvalue weighted by Crippen LogP contribution is 2.41. The number of benzene rings is 1. The normalized spacial score (nSPS) is 22.3. The van der Waals surface area contributed by atoms with Crippen LogP contribution in [0.15, 0.2) is 64.2 Å². The van der Waals surface area contributed by atoms with E-state index >= 15 is 0 Å². The Kier molecular flexibility index (Phi) is 8.44. The molecule has 6 rings (SSSR count). The fraction of sp³-hybridized carbons (Fsp3) is 0.346. The number of amides is 6. The summed E-state index contributed by atoms with van der Waals surface area (Å²) in [5.74, 6) is -1.98. The molecule has 2 unspecified atom stereocenters. The van der Waals surface area contributed by atoms with Crippen molar-refractivity contribution >= 4 is 59.1 Å². The molecule has 234 valence electrons. The van der Waals surface area contributed by atoms with Crippen molar-refractivity contribution < 1.29 is 33.8 Å². The maximum Gasteiger partial charge on any atom is 0.352 e. The minimum absolute atomic E-state index is 0.0437. The lowest BCUT2D eigenvalue weighted by molar-refractivity contribution is -0.151. The quantitative estimate of drug-likeness (QED) is 0.244. The van der Waals surface area contributed by atoms with E-state index < -0.39 is 47.3 Å². The van der Waals surface area contributed by atoms with Crippen LogP contribution in [0.4, 0.5) is 9.59 Å². The third kappa shape index (κ3) is 5.95. The zero-order valence-corrected chi connectivity index (χ0v) is 25.2. The SMILES string of the molecule is Cn1nnnc1SCC1=C(C(=O)O)N2C(=O)C(NC(=O)C(NC(=O)N3CCN(N=C4C=COC4)C3=O)c3ccccc3)[C@@H]2SC1. The van der Waals surface area contributed by atoms with E-state index in [1.165, 1.54) is 39.4 Å². The first-order valence-electron chi connectivity index (χ1n) is 13.6. The van der Waals surface area contributed by atoms with Gasteiger partial charge in [0, 0.05) is 18.6 Å². The fourth-order valence-electron chi connectivity index (χ4n) is 5.01. The van der Waals surface area contributed by atoms with E-state index in [0.29, 0.717) is 27.8 Å². The number of nitrogens with zero attached hydrogens (tertiary/aromatic N) is 8. The number of carbonyl (C=O) groups is 5. The summed E-state index contributed by atoms with van der Waals surface area (Å²) < 4.78 is 6.55. The molecule has 2 fully saturated rings. The van der Waals surface area contributed by atoms with E-state index in [2.05, 4.69) is 31.3 Å². The summed E-state index contributed by atoms with van der Waals surface area (Å²) in [7, 11) is 1.66. The van der Waals surface area contributed by atoms with Gasteiger partial charge in [0.25, 0.3) is 5.91 Å². The molecule has 6 amide bonds. The standard InChI is InChI=1S/C26H26N10O7S2/c1-33-25(29-31-32-33)45-13-15-12-44-22-18(21(38)36(22)19(15)23(39)40)27-20(37)17(14-5-3-2-4-6-14)28-24(41)34-8-9-35(26(34)42)30-16-7-10-43-11-16/h2-7,10,17-18,22H,8-9,11-13H2,1H3,(H,27,37)(H,28,41)(H,39,40)/t17?,18?,22-/m0/s1. The second-order valence-electron chi connectivity index (χ2n) is 10.1. The van der Waals surface area contributed by atoms with Crippen molar-refractivity contribution in [3.8, 4) is 0 Å². The van der Waals surface area contributed by atoms with Crippen LogP contribution in [-0.4, -0.2) is 118 Å². The Labute approximate surface area is 263 Å². The number of hydrazone groups is 1. The third-order valence-corrected chi connectivity index (χ3v) is 9.67. The zero-order chi connectivity index (χ0) is 31.7. The molecule has 2 aromatic rings. The molecule has 0 bridgehead atoms. The number of hydrogen-bond acceptors (Lipinski definition) is 12. The summed E-state index contributed by atoms with van der Waals surface area (Å²) in [6, 6.07) is 4.62. The molecule has 1 aromatic heterocycles. The van der Waals surface area contributed by atoms with Crippen molar-refractivity contribution in [1.82, 2.24) is 45.6 Å². The Bertz CT molecular complexity index is 1640. The Morgan fingerprint density at radius 3 is 2.71 bits per heavy atom. The van der Waals surface area contributed by atoms with E-state index in [9.17, 15) is 29.1 Å². The number of ether oxygens (including phenoxy) is 1. The number of β-lactam (4-membered cyclic amide) rings is 1. The van der Waals surface area contributed by atoms with Crippen LogP contribution < -0.4 is 10.6 Å². The number of tetrazole rings is 1. The van der Waals surface area contributed by atoms with E-state index in [0.717, 1.165) is 9.91 Å². The molecular formula is C26H26N10O7S2. The first kappa shape index (κ1) is 30.1. The molecule has 0 aliphatic carbocycles. The largest absolute Gasteiger partial charge is 0.495 e. The summed E-state index contributed by atoms with van der Waals surface area (Å²) in [4.78, 5) is 67.4. The Morgan fingerprint density at radius 2 is 2.02 bits per heavy atom. The van der Waals surface area contributed by atoms with Crippen molar-refractivity contribution in [3.63, 3.8) is 0 Å². The second kappa shape index (κ2) is 12.6. The lowest BCUT2D eigenvalue weighted by Crippen LogP contribution is -2.71. The average molecular weight is 655 g/mol. The maximum atomic E-state index is 13.6. The van der Waals surface area contributed by atoms with Crippen LogP contribution in [0.3, 0.4) is 0 Å². The van der Waals surface area contributed by atoms with Gasteiger partial charge in [0.15, 0.2) is 0 Å². The molecule has 45 heavy (non-hydrogen) atoms.